The predicted molar refractivity (Wildman–Crippen MR) is 137 cm³/mol. The van der Waals surface area contributed by atoms with E-state index in [0.29, 0.717) is 24.3 Å². The van der Waals surface area contributed by atoms with Gasteiger partial charge in [-0.05, 0) is 48.9 Å². The van der Waals surface area contributed by atoms with E-state index in [0.717, 1.165) is 33.4 Å². The first-order chi connectivity index (χ1) is 17.4. The molecule has 1 amide bonds. The summed E-state index contributed by atoms with van der Waals surface area (Å²) in [5, 5.41) is 16.7. The van der Waals surface area contributed by atoms with Gasteiger partial charge in [0.2, 0.25) is 5.91 Å². The Balaban J connectivity index is 1.30. The smallest absolute Gasteiger partial charge is 0.314 e. The zero-order valence-corrected chi connectivity index (χ0v) is 20.3. The molecule has 0 saturated heterocycles. The third-order valence-corrected chi connectivity index (χ3v) is 7.08. The minimum atomic E-state index is -0.749. The summed E-state index contributed by atoms with van der Waals surface area (Å²) in [7, 11) is 0. The molecule has 1 atom stereocenters. The average Bonchev–Trinajstić information content (AvgIpc) is 3.64. The Bertz CT molecular complexity index is 1390. The van der Waals surface area contributed by atoms with E-state index in [9.17, 15) is 14.7 Å². The highest BCUT2D eigenvalue weighted by atomic mass is 16.5. The van der Waals surface area contributed by atoms with Crippen LogP contribution in [0.1, 0.15) is 48.2 Å². The van der Waals surface area contributed by atoms with E-state index in [4.69, 9.17) is 4.52 Å². The van der Waals surface area contributed by atoms with Crippen molar-refractivity contribution in [3.8, 4) is 22.5 Å². The summed E-state index contributed by atoms with van der Waals surface area (Å²) in [5.41, 5.74) is 5.54. The molecule has 3 aromatic carbocycles. The standard InChI is InChI=1S/C30H28N2O4/c1-19(21-6-4-3-5-7-21)31-27(33)18-26-20(2)32-36-28(26)24-10-8-22(9-11-24)23-12-14-25(15-13-23)30(16-17-30)29(34)35/h3-15,19H,16-18H2,1-2H3,(H,31,33)(H,34,35). The molecule has 1 saturated carbocycles. The summed E-state index contributed by atoms with van der Waals surface area (Å²) in [5.74, 6) is -0.250. The Hall–Kier alpha value is -4.19. The lowest BCUT2D eigenvalue weighted by Crippen LogP contribution is -2.28. The number of carboxylic acids is 1. The van der Waals surface area contributed by atoms with Crippen LogP contribution in [0.4, 0.5) is 0 Å². The fourth-order valence-electron chi connectivity index (χ4n) is 4.65. The summed E-state index contributed by atoms with van der Waals surface area (Å²) >= 11 is 0. The molecule has 36 heavy (non-hydrogen) atoms. The number of carboxylic acid groups (broad SMARTS) is 1. The van der Waals surface area contributed by atoms with Crippen LogP contribution in [0, 0.1) is 6.92 Å². The normalized spacial score (nSPS) is 14.7. The molecule has 182 valence electrons. The molecular weight excluding hydrogens is 452 g/mol. The van der Waals surface area contributed by atoms with Gasteiger partial charge in [-0.3, -0.25) is 9.59 Å². The van der Waals surface area contributed by atoms with E-state index in [-0.39, 0.29) is 18.4 Å². The number of carbonyl (C=O) groups excluding carboxylic acids is 1. The second kappa shape index (κ2) is 9.46. The van der Waals surface area contributed by atoms with Gasteiger partial charge in [-0.1, -0.05) is 84.0 Å². The van der Waals surface area contributed by atoms with Crippen molar-refractivity contribution in [1.82, 2.24) is 10.5 Å². The van der Waals surface area contributed by atoms with Gasteiger partial charge in [-0.25, -0.2) is 0 Å². The van der Waals surface area contributed by atoms with E-state index in [1.165, 1.54) is 0 Å². The van der Waals surface area contributed by atoms with E-state index < -0.39 is 11.4 Å². The van der Waals surface area contributed by atoms with Crippen LogP contribution in [-0.4, -0.2) is 22.1 Å². The molecule has 1 aliphatic rings. The second-order valence-corrected chi connectivity index (χ2v) is 9.49. The van der Waals surface area contributed by atoms with Gasteiger partial charge in [0, 0.05) is 11.1 Å². The van der Waals surface area contributed by atoms with Crippen LogP contribution in [0.2, 0.25) is 0 Å². The molecule has 0 bridgehead atoms. The number of nitrogens with one attached hydrogen (secondary N) is 1. The Kier molecular flexibility index (Phi) is 6.18. The van der Waals surface area contributed by atoms with Crippen LogP contribution < -0.4 is 5.32 Å². The maximum Gasteiger partial charge on any atom is 0.314 e. The second-order valence-electron chi connectivity index (χ2n) is 9.49. The molecule has 1 fully saturated rings. The molecule has 1 heterocycles. The SMILES string of the molecule is Cc1noc(-c2ccc(-c3ccc(C4(C(=O)O)CC4)cc3)cc2)c1CC(=O)NC(C)c1ccccc1. The third kappa shape index (κ3) is 4.54. The summed E-state index contributed by atoms with van der Waals surface area (Å²) in [6, 6.07) is 25.4. The molecule has 1 aromatic heterocycles. The number of nitrogens with zero attached hydrogens (tertiary/aromatic N) is 1. The van der Waals surface area contributed by atoms with E-state index >= 15 is 0 Å². The first-order valence-corrected chi connectivity index (χ1v) is 12.1. The zero-order valence-electron chi connectivity index (χ0n) is 20.3. The lowest BCUT2D eigenvalue weighted by Gasteiger charge is -2.14. The molecule has 4 aromatic rings. The molecule has 1 aliphatic carbocycles. The van der Waals surface area contributed by atoms with E-state index in [2.05, 4.69) is 10.5 Å². The zero-order chi connectivity index (χ0) is 25.3. The van der Waals surface area contributed by atoms with Gasteiger partial charge in [-0.15, -0.1) is 0 Å². The third-order valence-electron chi connectivity index (χ3n) is 7.08. The van der Waals surface area contributed by atoms with Crippen molar-refractivity contribution in [3.05, 3.63) is 101 Å². The molecule has 6 heteroatoms. The topological polar surface area (TPSA) is 92.4 Å². The summed E-state index contributed by atoms with van der Waals surface area (Å²) in [6.07, 6.45) is 1.56. The molecule has 2 N–H and O–H groups in total. The Morgan fingerprint density at radius 3 is 2.11 bits per heavy atom. The van der Waals surface area contributed by atoms with E-state index in [1.54, 1.807) is 0 Å². The number of aromatic nitrogens is 1. The molecular formula is C30H28N2O4. The predicted octanol–water partition coefficient (Wildman–Crippen LogP) is 5.85. The van der Waals surface area contributed by atoms with Gasteiger partial charge in [0.15, 0.2) is 5.76 Å². The fourth-order valence-corrected chi connectivity index (χ4v) is 4.65. The number of hydrogen-bond acceptors (Lipinski definition) is 4. The highest BCUT2D eigenvalue weighted by molar-refractivity contribution is 5.85. The number of rotatable bonds is 8. The minimum absolute atomic E-state index is 0.0922. The van der Waals surface area contributed by atoms with Crippen molar-refractivity contribution in [1.29, 1.82) is 0 Å². The average molecular weight is 481 g/mol. The van der Waals surface area contributed by atoms with Gasteiger partial charge >= 0.3 is 5.97 Å². The van der Waals surface area contributed by atoms with Gasteiger partial charge < -0.3 is 14.9 Å². The number of aryl methyl sites for hydroxylation is 1. The Morgan fingerprint density at radius 1 is 0.944 bits per heavy atom. The van der Waals surface area contributed by atoms with Crippen molar-refractivity contribution in [3.63, 3.8) is 0 Å². The molecule has 5 rings (SSSR count). The van der Waals surface area contributed by atoms with Crippen LogP contribution in [-0.2, 0) is 21.4 Å². The van der Waals surface area contributed by atoms with Gasteiger partial charge in [0.25, 0.3) is 0 Å². The molecule has 1 unspecified atom stereocenters. The first kappa shape index (κ1) is 23.5. The lowest BCUT2D eigenvalue weighted by atomic mass is 9.93. The Labute approximate surface area is 210 Å². The first-order valence-electron chi connectivity index (χ1n) is 12.1. The largest absolute Gasteiger partial charge is 0.481 e. The number of hydrogen-bond donors (Lipinski definition) is 2. The van der Waals surface area contributed by atoms with Crippen LogP contribution >= 0.6 is 0 Å². The summed E-state index contributed by atoms with van der Waals surface area (Å²) < 4.78 is 5.61. The molecule has 0 radical (unpaired) electrons. The van der Waals surface area contributed by atoms with Crippen LogP contribution in [0.15, 0.2) is 83.4 Å². The maximum atomic E-state index is 12.8. The van der Waals surface area contributed by atoms with Gasteiger partial charge in [0.05, 0.1) is 23.6 Å². The summed E-state index contributed by atoms with van der Waals surface area (Å²) in [4.78, 5) is 24.4. The number of carbonyl (C=O) groups is 2. The Morgan fingerprint density at radius 2 is 1.53 bits per heavy atom. The van der Waals surface area contributed by atoms with Gasteiger partial charge in [-0.2, -0.15) is 0 Å². The number of aliphatic carboxylic acids is 1. The molecule has 0 aliphatic heterocycles. The monoisotopic (exact) mass is 480 g/mol. The lowest BCUT2D eigenvalue weighted by molar-refractivity contribution is -0.140. The van der Waals surface area contributed by atoms with Crippen LogP contribution in [0.3, 0.4) is 0 Å². The number of amides is 1. The van der Waals surface area contributed by atoms with Crippen molar-refractivity contribution in [2.75, 3.05) is 0 Å². The van der Waals surface area contributed by atoms with E-state index in [1.807, 2.05) is 92.7 Å². The summed E-state index contributed by atoms with van der Waals surface area (Å²) in [6.45, 7) is 3.81. The van der Waals surface area contributed by atoms with Crippen LogP contribution in [0.25, 0.3) is 22.5 Å². The number of benzene rings is 3. The minimum Gasteiger partial charge on any atom is -0.481 e. The molecule has 0 spiro atoms. The van der Waals surface area contributed by atoms with Crippen molar-refractivity contribution < 1.29 is 19.2 Å². The fraction of sp³-hybridized carbons (Fsp3) is 0.233. The van der Waals surface area contributed by atoms with Crippen molar-refractivity contribution in [2.24, 2.45) is 0 Å². The molecule has 6 nitrogen and oxygen atoms in total. The van der Waals surface area contributed by atoms with Gasteiger partial charge in [0.1, 0.15) is 0 Å². The van der Waals surface area contributed by atoms with Crippen molar-refractivity contribution >= 4 is 11.9 Å². The van der Waals surface area contributed by atoms with Crippen LogP contribution in [0.5, 0.6) is 0 Å². The quantitative estimate of drug-likeness (QED) is 0.330. The highest BCUT2D eigenvalue weighted by Gasteiger charge is 2.51. The maximum absolute atomic E-state index is 12.8. The van der Waals surface area contributed by atoms with Crippen molar-refractivity contribution in [2.45, 2.75) is 44.6 Å². The highest BCUT2D eigenvalue weighted by Crippen LogP contribution is 2.48.